The van der Waals surface area contributed by atoms with E-state index in [4.69, 9.17) is 0 Å². The summed E-state index contributed by atoms with van der Waals surface area (Å²) >= 11 is 0. The first kappa shape index (κ1) is 13.3. The number of aryl methyl sites for hydroxylation is 2. The van der Waals surface area contributed by atoms with E-state index < -0.39 is 9.84 Å². The third kappa shape index (κ3) is 3.41. The Kier molecular flexibility index (Phi) is 3.85. The van der Waals surface area contributed by atoms with Gasteiger partial charge < -0.3 is 0 Å². The minimum atomic E-state index is -2.87. The summed E-state index contributed by atoms with van der Waals surface area (Å²) in [6, 6.07) is 1.90. The topological polar surface area (TPSA) is 69.0 Å². The van der Waals surface area contributed by atoms with Crippen molar-refractivity contribution in [2.45, 2.75) is 25.7 Å². The number of aromatic nitrogens is 2. The van der Waals surface area contributed by atoms with E-state index in [-0.39, 0.29) is 23.2 Å². The molecule has 2 rings (SSSR count). The summed E-state index contributed by atoms with van der Waals surface area (Å²) in [4.78, 5) is 11.8. The Bertz CT molecular complexity index is 533. The summed E-state index contributed by atoms with van der Waals surface area (Å²) in [6.45, 7) is 0. The molecule has 0 aliphatic carbocycles. The average Bonchev–Trinajstić information content (AvgIpc) is 2.82. The molecular formula is C12H18N2O3S. The number of hydrogen-bond donors (Lipinski definition) is 0. The van der Waals surface area contributed by atoms with Crippen LogP contribution in [0.25, 0.3) is 0 Å². The van der Waals surface area contributed by atoms with E-state index in [1.54, 1.807) is 10.9 Å². The second kappa shape index (κ2) is 5.22. The SMILES string of the molecule is Cn1nccc1CCC(=O)CC1CCS(=O)(=O)C1. The second-order valence-electron chi connectivity index (χ2n) is 4.96. The van der Waals surface area contributed by atoms with Gasteiger partial charge in [-0.2, -0.15) is 5.10 Å². The number of rotatable bonds is 5. The van der Waals surface area contributed by atoms with E-state index >= 15 is 0 Å². The Balaban J connectivity index is 1.78. The molecule has 2 heterocycles. The van der Waals surface area contributed by atoms with Crippen LogP contribution in [-0.4, -0.2) is 35.5 Å². The molecule has 1 aliphatic rings. The summed E-state index contributed by atoms with van der Waals surface area (Å²) in [5.74, 6) is 0.615. The number of hydrogen-bond acceptors (Lipinski definition) is 4. The molecule has 0 spiro atoms. The summed E-state index contributed by atoms with van der Waals surface area (Å²) < 4.78 is 24.3. The first-order chi connectivity index (χ1) is 8.46. The molecule has 0 aromatic carbocycles. The molecule has 0 bridgehead atoms. The van der Waals surface area contributed by atoms with Gasteiger partial charge in [-0.25, -0.2) is 8.42 Å². The maximum absolute atomic E-state index is 11.8. The van der Waals surface area contributed by atoms with Crippen LogP contribution >= 0.6 is 0 Å². The van der Waals surface area contributed by atoms with Crippen LogP contribution in [0.5, 0.6) is 0 Å². The van der Waals surface area contributed by atoms with Crippen molar-refractivity contribution >= 4 is 15.6 Å². The van der Waals surface area contributed by atoms with Crippen molar-refractivity contribution in [2.75, 3.05) is 11.5 Å². The second-order valence-corrected chi connectivity index (χ2v) is 7.19. The van der Waals surface area contributed by atoms with Crippen molar-refractivity contribution < 1.29 is 13.2 Å². The zero-order valence-corrected chi connectivity index (χ0v) is 11.3. The highest BCUT2D eigenvalue weighted by Crippen LogP contribution is 2.22. The zero-order valence-electron chi connectivity index (χ0n) is 10.5. The van der Waals surface area contributed by atoms with Gasteiger partial charge >= 0.3 is 0 Å². The Hall–Kier alpha value is -1.17. The van der Waals surface area contributed by atoms with Gasteiger partial charge in [0.2, 0.25) is 0 Å². The van der Waals surface area contributed by atoms with Crippen LogP contribution in [0.1, 0.15) is 25.0 Å². The number of ketones is 1. The standard InChI is InChI=1S/C12H18N2O3S/c1-14-11(4-6-13-14)2-3-12(15)8-10-5-7-18(16,17)9-10/h4,6,10H,2-3,5,7-9H2,1H3. The quantitative estimate of drug-likeness (QED) is 0.791. The van der Waals surface area contributed by atoms with Gasteiger partial charge in [-0.15, -0.1) is 0 Å². The first-order valence-corrected chi connectivity index (χ1v) is 7.97. The third-order valence-corrected chi connectivity index (χ3v) is 5.26. The van der Waals surface area contributed by atoms with E-state index in [1.807, 2.05) is 13.1 Å². The summed E-state index contributed by atoms with van der Waals surface area (Å²) in [5, 5.41) is 4.04. The van der Waals surface area contributed by atoms with E-state index in [2.05, 4.69) is 5.10 Å². The number of nitrogens with zero attached hydrogens (tertiary/aromatic N) is 2. The molecule has 0 N–H and O–H groups in total. The molecular weight excluding hydrogens is 252 g/mol. The van der Waals surface area contributed by atoms with Crippen LogP contribution in [0.2, 0.25) is 0 Å². The molecule has 18 heavy (non-hydrogen) atoms. The van der Waals surface area contributed by atoms with Gasteiger partial charge in [0.05, 0.1) is 11.5 Å². The predicted octanol–water partition coefficient (Wildman–Crippen LogP) is 0.747. The highest BCUT2D eigenvalue weighted by atomic mass is 32.2. The van der Waals surface area contributed by atoms with Gasteiger partial charge in [0, 0.05) is 31.8 Å². The van der Waals surface area contributed by atoms with Crippen LogP contribution in [0.3, 0.4) is 0 Å². The Morgan fingerprint density at radius 3 is 2.89 bits per heavy atom. The Morgan fingerprint density at radius 2 is 2.33 bits per heavy atom. The van der Waals surface area contributed by atoms with Gasteiger partial charge in [-0.1, -0.05) is 0 Å². The zero-order chi connectivity index (χ0) is 13.2. The summed E-state index contributed by atoms with van der Waals surface area (Å²) in [7, 11) is -1.02. The lowest BCUT2D eigenvalue weighted by atomic mass is 9.99. The maximum atomic E-state index is 11.8. The van der Waals surface area contributed by atoms with Crippen molar-refractivity contribution in [3.05, 3.63) is 18.0 Å². The smallest absolute Gasteiger partial charge is 0.150 e. The lowest BCUT2D eigenvalue weighted by Gasteiger charge is -2.06. The van der Waals surface area contributed by atoms with Crippen LogP contribution < -0.4 is 0 Å². The number of carbonyl (C=O) groups excluding carboxylic acids is 1. The lowest BCUT2D eigenvalue weighted by molar-refractivity contribution is -0.119. The fourth-order valence-electron chi connectivity index (χ4n) is 2.37. The van der Waals surface area contributed by atoms with Crippen LogP contribution in [-0.2, 0) is 28.1 Å². The van der Waals surface area contributed by atoms with Crippen molar-refractivity contribution in [2.24, 2.45) is 13.0 Å². The molecule has 6 heteroatoms. The summed E-state index contributed by atoms with van der Waals surface area (Å²) in [5.41, 5.74) is 1.03. The Labute approximate surface area is 107 Å². The monoisotopic (exact) mass is 270 g/mol. The van der Waals surface area contributed by atoms with E-state index in [0.29, 0.717) is 25.7 Å². The highest BCUT2D eigenvalue weighted by Gasteiger charge is 2.29. The number of carbonyl (C=O) groups is 1. The van der Waals surface area contributed by atoms with Crippen molar-refractivity contribution in [3.63, 3.8) is 0 Å². The molecule has 1 fully saturated rings. The largest absolute Gasteiger partial charge is 0.300 e. The van der Waals surface area contributed by atoms with E-state index in [1.165, 1.54) is 0 Å². The molecule has 0 amide bonds. The van der Waals surface area contributed by atoms with E-state index in [9.17, 15) is 13.2 Å². The van der Waals surface area contributed by atoms with Crippen molar-refractivity contribution in [1.29, 1.82) is 0 Å². The molecule has 5 nitrogen and oxygen atoms in total. The predicted molar refractivity (Wildman–Crippen MR) is 67.9 cm³/mol. The minimum absolute atomic E-state index is 0.0361. The van der Waals surface area contributed by atoms with Crippen LogP contribution in [0.4, 0.5) is 0 Å². The van der Waals surface area contributed by atoms with Crippen LogP contribution in [0, 0.1) is 5.92 Å². The van der Waals surface area contributed by atoms with Crippen molar-refractivity contribution in [3.8, 4) is 0 Å². The Morgan fingerprint density at radius 1 is 1.56 bits per heavy atom. The molecule has 0 radical (unpaired) electrons. The van der Waals surface area contributed by atoms with Gasteiger partial charge in [-0.05, 0) is 24.8 Å². The molecule has 1 aromatic rings. The minimum Gasteiger partial charge on any atom is -0.300 e. The van der Waals surface area contributed by atoms with Crippen molar-refractivity contribution in [1.82, 2.24) is 9.78 Å². The van der Waals surface area contributed by atoms with Gasteiger partial charge in [0.25, 0.3) is 0 Å². The number of sulfone groups is 1. The third-order valence-electron chi connectivity index (χ3n) is 3.43. The molecule has 1 aromatic heterocycles. The summed E-state index contributed by atoms with van der Waals surface area (Å²) in [6.07, 6.45) is 3.89. The molecule has 1 unspecified atom stereocenters. The number of Topliss-reactive ketones (excluding diaryl/α,β-unsaturated/α-hetero) is 1. The molecule has 1 saturated heterocycles. The van der Waals surface area contributed by atoms with Gasteiger partial charge in [0.1, 0.15) is 5.78 Å². The van der Waals surface area contributed by atoms with Gasteiger partial charge in [-0.3, -0.25) is 9.48 Å². The molecule has 1 aliphatic heterocycles. The molecule has 0 saturated carbocycles. The fourth-order valence-corrected chi connectivity index (χ4v) is 4.23. The van der Waals surface area contributed by atoms with Gasteiger partial charge in [0.15, 0.2) is 9.84 Å². The fraction of sp³-hybridized carbons (Fsp3) is 0.667. The molecule has 1 atom stereocenters. The molecule has 100 valence electrons. The van der Waals surface area contributed by atoms with Crippen LogP contribution in [0.15, 0.2) is 12.3 Å². The first-order valence-electron chi connectivity index (χ1n) is 6.15. The normalized spacial score (nSPS) is 22.2. The lowest BCUT2D eigenvalue weighted by Crippen LogP contribution is -2.11. The van der Waals surface area contributed by atoms with E-state index in [0.717, 1.165) is 5.69 Å². The highest BCUT2D eigenvalue weighted by molar-refractivity contribution is 7.91. The maximum Gasteiger partial charge on any atom is 0.150 e. The average molecular weight is 270 g/mol.